The molecule has 0 bridgehead atoms. The molecule has 132 valence electrons. The van der Waals surface area contributed by atoms with Crippen molar-refractivity contribution in [3.8, 4) is 5.69 Å². The molecule has 2 aromatic rings. The first-order chi connectivity index (χ1) is 12.0. The summed E-state index contributed by atoms with van der Waals surface area (Å²) in [6.07, 6.45) is 3.61. The van der Waals surface area contributed by atoms with Gasteiger partial charge in [0.25, 0.3) is 5.91 Å². The summed E-state index contributed by atoms with van der Waals surface area (Å²) in [4.78, 5) is 23.3. The molecule has 1 atom stereocenters. The number of rotatable bonds is 6. The molecule has 0 aliphatic heterocycles. The Hall–Kier alpha value is -2.63. The lowest BCUT2D eigenvalue weighted by molar-refractivity contribution is -0.137. The van der Waals surface area contributed by atoms with Crippen LogP contribution in [0.15, 0.2) is 24.3 Å². The van der Waals surface area contributed by atoms with Crippen LogP contribution in [0.2, 0.25) is 0 Å². The SMILES string of the molecule is CCc1ccc(-n2nc(C(=O)NC(C)CC(=O)O)c3c2CCC3)cc1. The van der Waals surface area contributed by atoms with E-state index >= 15 is 0 Å². The second-order valence-electron chi connectivity index (χ2n) is 6.53. The standard InChI is InChI=1S/C19H23N3O3/c1-3-13-7-9-14(10-8-13)22-16-6-4-5-15(16)18(21-22)19(25)20-12(2)11-17(23)24/h7-10,12H,3-6,11H2,1-2H3,(H,20,25)(H,23,24). The van der Waals surface area contributed by atoms with E-state index in [1.807, 2.05) is 16.8 Å². The third-order valence-electron chi connectivity index (χ3n) is 4.59. The number of carboxylic acids is 1. The molecule has 0 spiro atoms. The smallest absolute Gasteiger partial charge is 0.305 e. The molecule has 25 heavy (non-hydrogen) atoms. The Morgan fingerprint density at radius 3 is 2.64 bits per heavy atom. The van der Waals surface area contributed by atoms with Gasteiger partial charge in [-0.2, -0.15) is 5.10 Å². The van der Waals surface area contributed by atoms with Crippen LogP contribution in [0, 0.1) is 0 Å². The highest BCUT2D eigenvalue weighted by Gasteiger charge is 2.27. The molecule has 0 radical (unpaired) electrons. The van der Waals surface area contributed by atoms with Crippen LogP contribution in [0.3, 0.4) is 0 Å². The van der Waals surface area contributed by atoms with E-state index in [1.54, 1.807) is 6.92 Å². The lowest BCUT2D eigenvalue weighted by Gasteiger charge is -2.10. The van der Waals surface area contributed by atoms with Crippen molar-refractivity contribution in [1.29, 1.82) is 0 Å². The first-order valence-electron chi connectivity index (χ1n) is 8.72. The molecule has 6 heteroatoms. The zero-order chi connectivity index (χ0) is 18.0. The summed E-state index contributed by atoms with van der Waals surface area (Å²) in [6, 6.07) is 7.77. The van der Waals surface area contributed by atoms with Crippen molar-refractivity contribution in [1.82, 2.24) is 15.1 Å². The number of aliphatic carboxylic acids is 1. The second kappa shape index (κ2) is 7.09. The number of carbonyl (C=O) groups is 2. The van der Waals surface area contributed by atoms with Crippen LogP contribution in [0.4, 0.5) is 0 Å². The number of nitrogens with zero attached hydrogens (tertiary/aromatic N) is 2. The maximum absolute atomic E-state index is 12.6. The van der Waals surface area contributed by atoms with E-state index in [1.165, 1.54) is 5.56 Å². The zero-order valence-electron chi connectivity index (χ0n) is 14.6. The van der Waals surface area contributed by atoms with Gasteiger partial charge in [-0.15, -0.1) is 0 Å². The number of hydrogen-bond acceptors (Lipinski definition) is 3. The summed E-state index contributed by atoms with van der Waals surface area (Å²) in [6.45, 7) is 3.80. The van der Waals surface area contributed by atoms with Crippen LogP contribution in [0.25, 0.3) is 5.69 Å². The minimum Gasteiger partial charge on any atom is -0.481 e. The molecule has 1 heterocycles. The van der Waals surface area contributed by atoms with E-state index in [9.17, 15) is 9.59 Å². The predicted molar refractivity (Wildman–Crippen MR) is 94.1 cm³/mol. The van der Waals surface area contributed by atoms with Crippen LogP contribution in [0.1, 0.15) is 54.0 Å². The van der Waals surface area contributed by atoms with Crippen molar-refractivity contribution in [2.75, 3.05) is 0 Å². The molecule has 3 rings (SSSR count). The summed E-state index contributed by atoms with van der Waals surface area (Å²) in [5.41, 5.74) is 4.70. The Kier molecular flexibility index (Phi) is 4.88. The molecule has 1 amide bonds. The maximum atomic E-state index is 12.6. The number of aryl methyl sites for hydroxylation is 1. The Morgan fingerprint density at radius 1 is 1.28 bits per heavy atom. The van der Waals surface area contributed by atoms with Crippen LogP contribution < -0.4 is 5.32 Å². The Labute approximate surface area is 146 Å². The number of aromatic nitrogens is 2. The fraction of sp³-hybridized carbons (Fsp3) is 0.421. The van der Waals surface area contributed by atoms with Gasteiger partial charge in [0.15, 0.2) is 5.69 Å². The predicted octanol–water partition coefficient (Wildman–Crippen LogP) is 2.52. The highest BCUT2D eigenvalue weighted by Crippen LogP contribution is 2.28. The molecule has 6 nitrogen and oxygen atoms in total. The molecular formula is C19H23N3O3. The normalized spacial score (nSPS) is 14.2. The fourth-order valence-corrected chi connectivity index (χ4v) is 3.31. The van der Waals surface area contributed by atoms with Gasteiger partial charge >= 0.3 is 5.97 Å². The van der Waals surface area contributed by atoms with Crippen molar-refractivity contribution in [2.45, 2.75) is 52.0 Å². The highest BCUT2D eigenvalue weighted by molar-refractivity contribution is 5.94. The molecule has 1 aliphatic rings. The number of amides is 1. The van der Waals surface area contributed by atoms with Crippen molar-refractivity contribution >= 4 is 11.9 Å². The minimum absolute atomic E-state index is 0.104. The number of carboxylic acid groups (broad SMARTS) is 1. The Morgan fingerprint density at radius 2 is 2.00 bits per heavy atom. The van der Waals surface area contributed by atoms with Crippen LogP contribution in [-0.4, -0.2) is 32.8 Å². The third kappa shape index (κ3) is 3.57. The summed E-state index contributed by atoms with van der Waals surface area (Å²) in [7, 11) is 0. The number of hydrogen-bond donors (Lipinski definition) is 2. The molecule has 1 aliphatic carbocycles. The molecule has 1 aromatic carbocycles. The summed E-state index contributed by atoms with van der Waals surface area (Å²) in [5, 5.41) is 16.1. The molecule has 2 N–H and O–H groups in total. The molecular weight excluding hydrogens is 318 g/mol. The first kappa shape index (κ1) is 17.2. The number of nitrogens with one attached hydrogen (secondary N) is 1. The van der Waals surface area contributed by atoms with E-state index in [0.29, 0.717) is 5.69 Å². The van der Waals surface area contributed by atoms with Crippen molar-refractivity contribution in [3.63, 3.8) is 0 Å². The van der Waals surface area contributed by atoms with Crippen LogP contribution in [-0.2, 0) is 24.1 Å². The molecule has 1 aromatic heterocycles. The van der Waals surface area contributed by atoms with E-state index in [-0.39, 0.29) is 12.3 Å². The molecule has 0 saturated heterocycles. The average molecular weight is 341 g/mol. The summed E-state index contributed by atoms with van der Waals surface area (Å²) in [5.74, 6) is -1.23. The van der Waals surface area contributed by atoms with E-state index in [4.69, 9.17) is 5.11 Å². The van der Waals surface area contributed by atoms with E-state index < -0.39 is 12.0 Å². The van der Waals surface area contributed by atoms with Gasteiger partial charge in [0.2, 0.25) is 0 Å². The topological polar surface area (TPSA) is 84.2 Å². The lowest BCUT2D eigenvalue weighted by Crippen LogP contribution is -2.35. The van der Waals surface area contributed by atoms with Gasteiger partial charge in [0.1, 0.15) is 0 Å². The fourth-order valence-electron chi connectivity index (χ4n) is 3.31. The monoisotopic (exact) mass is 341 g/mol. The third-order valence-corrected chi connectivity index (χ3v) is 4.59. The summed E-state index contributed by atoms with van der Waals surface area (Å²) >= 11 is 0. The van der Waals surface area contributed by atoms with Gasteiger partial charge in [-0.3, -0.25) is 9.59 Å². The molecule has 1 unspecified atom stereocenters. The Bertz CT molecular complexity index is 793. The molecule has 0 fully saturated rings. The van der Waals surface area contributed by atoms with Crippen LogP contribution in [0.5, 0.6) is 0 Å². The van der Waals surface area contributed by atoms with Crippen molar-refractivity contribution < 1.29 is 14.7 Å². The lowest BCUT2D eigenvalue weighted by atomic mass is 10.1. The van der Waals surface area contributed by atoms with E-state index in [0.717, 1.165) is 42.6 Å². The largest absolute Gasteiger partial charge is 0.481 e. The van der Waals surface area contributed by atoms with Gasteiger partial charge in [-0.05, 0) is 50.3 Å². The minimum atomic E-state index is -0.931. The Balaban J connectivity index is 1.88. The number of fused-ring (bicyclic) bond motifs is 1. The quantitative estimate of drug-likeness (QED) is 0.845. The highest BCUT2D eigenvalue weighted by atomic mass is 16.4. The van der Waals surface area contributed by atoms with Gasteiger partial charge in [0, 0.05) is 17.3 Å². The molecule has 0 saturated carbocycles. The van der Waals surface area contributed by atoms with Crippen molar-refractivity contribution in [3.05, 3.63) is 46.8 Å². The van der Waals surface area contributed by atoms with Gasteiger partial charge in [-0.1, -0.05) is 19.1 Å². The van der Waals surface area contributed by atoms with Gasteiger partial charge in [-0.25, -0.2) is 4.68 Å². The second-order valence-corrected chi connectivity index (χ2v) is 6.53. The average Bonchev–Trinajstić information content (AvgIpc) is 3.16. The van der Waals surface area contributed by atoms with Crippen molar-refractivity contribution in [2.24, 2.45) is 0 Å². The number of carbonyl (C=O) groups excluding carboxylic acids is 1. The van der Waals surface area contributed by atoms with E-state index in [2.05, 4.69) is 29.5 Å². The number of benzene rings is 1. The van der Waals surface area contributed by atoms with Gasteiger partial charge < -0.3 is 10.4 Å². The first-order valence-corrected chi connectivity index (χ1v) is 8.72. The maximum Gasteiger partial charge on any atom is 0.305 e. The zero-order valence-corrected chi connectivity index (χ0v) is 14.6. The van der Waals surface area contributed by atoms with Gasteiger partial charge in [0.05, 0.1) is 12.1 Å². The summed E-state index contributed by atoms with van der Waals surface area (Å²) < 4.78 is 1.86. The van der Waals surface area contributed by atoms with Crippen LogP contribution >= 0.6 is 0 Å².